The Morgan fingerprint density at radius 3 is 2.36 bits per heavy atom. The van der Waals surface area contributed by atoms with Gasteiger partial charge in [-0.3, -0.25) is 9.59 Å². The first-order chi connectivity index (χ1) is 10.2. The molecule has 0 aromatic heterocycles. The molecule has 0 aliphatic carbocycles. The van der Waals surface area contributed by atoms with Gasteiger partial charge in [0.1, 0.15) is 0 Å². The zero-order chi connectivity index (χ0) is 16.8. The van der Waals surface area contributed by atoms with Crippen molar-refractivity contribution in [2.45, 2.75) is 19.0 Å². The maximum Gasteiger partial charge on any atom is 0.390 e. The molecule has 0 unspecified atom stereocenters. The quantitative estimate of drug-likeness (QED) is 0.824. The van der Waals surface area contributed by atoms with Crippen LogP contribution in [-0.4, -0.2) is 43.0 Å². The van der Waals surface area contributed by atoms with E-state index in [-0.39, 0.29) is 25.4 Å². The summed E-state index contributed by atoms with van der Waals surface area (Å²) in [5, 5.41) is 2.55. The zero-order valence-corrected chi connectivity index (χ0v) is 13.5. The first-order valence-corrected chi connectivity index (χ1v) is 7.33. The minimum atomic E-state index is -4.29. The minimum absolute atomic E-state index is 0.0450. The fourth-order valence-corrected chi connectivity index (χ4v) is 1.86. The van der Waals surface area contributed by atoms with Gasteiger partial charge < -0.3 is 10.2 Å². The number of carbonyl (C=O) groups excluding carboxylic acids is 2. The number of carbonyl (C=O) groups is 2. The maximum atomic E-state index is 12.1. The predicted molar refractivity (Wildman–Crippen MR) is 79.4 cm³/mol. The van der Waals surface area contributed by atoms with E-state index >= 15 is 0 Å². The van der Waals surface area contributed by atoms with Crippen molar-refractivity contribution < 1.29 is 22.8 Å². The second kappa shape index (κ2) is 8.17. The highest BCUT2D eigenvalue weighted by molar-refractivity contribution is 9.10. The van der Waals surface area contributed by atoms with Crippen LogP contribution in [0.4, 0.5) is 13.2 Å². The molecule has 0 fully saturated rings. The Morgan fingerprint density at radius 1 is 1.23 bits per heavy atom. The SMILES string of the molecule is CN(CCC(F)(F)F)C(=O)CCNC(=O)c1ccc(Br)cc1. The van der Waals surface area contributed by atoms with Crippen molar-refractivity contribution >= 4 is 27.7 Å². The summed E-state index contributed by atoms with van der Waals surface area (Å²) in [6.45, 7) is -0.312. The van der Waals surface area contributed by atoms with Crippen LogP contribution in [-0.2, 0) is 4.79 Å². The highest BCUT2D eigenvalue weighted by atomic mass is 79.9. The third kappa shape index (κ3) is 6.93. The lowest BCUT2D eigenvalue weighted by molar-refractivity contribution is -0.143. The first-order valence-electron chi connectivity index (χ1n) is 6.53. The van der Waals surface area contributed by atoms with E-state index in [0.717, 1.165) is 9.37 Å². The van der Waals surface area contributed by atoms with Crippen molar-refractivity contribution in [3.8, 4) is 0 Å². The van der Waals surface area contributed by atoms with Gasteiger partial charge in [-0.25, -0.2) is 0 Å². The van der Waals surface area contributed by atoms with E-state index in [4.69, 9.17) is 0 Å². The summed E-state index contributed by atoms with van der Waals surface area (Å²) in [6, 6.07) is 6.67. The Bertz CT molecular complexity index is 518. The Labute approximate surface area is 134 Å². The Hall–Kier alpha value is -1.57. The number of halogens is 4. The molecule has 1 aromatic rings. The van der Waals surface area contributed by atoms with Gasteiger partial charge in [-0.15, -0.1) is 0 Å². The number of nitrogens with one attached hydrogen (secondary N) is 1. The maximum absolute atomic E-state index is 12.1. The van der Waals surface area contributed by atoms with Crippen molar-refractivity contribution in [3.63, 3.8) is 0 Å². The molecule has 2 amide bonds. The molecule has 122 valence electrons. The number of benzene rings is 1. The summed E-state index contributed by atoms with van der Waals surface area (Å²) in [5.41, 5.74) is 0.445. The van der Waals surface area contributed by atoms with E-state index in [0.29, 0.717) is 5.56 Å². The standard InChI is InChI=1S/C14H16BrF3N2O2/c1-20(9-7-14(16,17)18)12(21)6-8-19-13(22)10-2-4-11(15)5-3-10/h2-5H,6-9H2,1H3,(H,19,22). The van der Waals surface area contributed by atoms with E-state index in [1.54, 1.807) is 24.3 Å². The molecule has 0 aliphatic heterocycles. The van der Waals surface area contributed by atoms with Crippen LogP contribution >= 0.6 is 15.9 Å². The van der Waals surface area contributed by atoms with Crippen LogP contribution in [0.1, 0.15) is 23.2 Å². The molecule has 22 heavy (non-hydrogen) atoms. The van der Waals surface area contributed by atoms with E-state index < -0.39 is 18.5 Å². The van der Waals surface area contributed by atoms with Crippen molar-refractivity contribution in [2.24, 2.45) is 0 Å². The van der Waals surface area contributed by atoms with Gasteiger partial charge >= 0.3 is 6.18 Å². The van der Waals surface area contributed by atoms with Crippen LogP contribution in [0.2, 0.25) is 0 Å². The number of nitrogens with zero attached hydrogens (tertiary/aromatic N) is 1. The average Bonchev–Trinajstić information content (AvgIpc) is 2.44. The van der Waals surface area contributed by atoms with Crippen LogP contribution in [0.25, 0.3) is 0 Å². The Morgan fingerprint density at radius 2 is 1.82 bits per heavy atom. The fraction of sp³-hybridized carbons (Fsp3) is 0.429. The van der Waals surface area contributed by atoms with Gasteiger partial charge in [0.15, 0.2) is 0 Å². The fourth-order valence-electron chi connectivity index (χ4n) is 1.60. The molecule has 0 atom stereocenters. The summed E-state index contributed by atoms with van der Waals surface area (Å²) in [6.07, 6.45) is -5.37. The van der Waals surface area contributed by atoms with Gasteiger partial charge in [0.25, 0.3) is 5.91 Å². The molecule has 1 N–H and O–H groups in total. The topological polar surface area (TPSA) is 49.4 Å². The van der Waals surface area contributed by atoms with Gasteiger partial charge in [0.05, 0.1) is 6.42 Å². The van der Waals surface area contributed by atoms with E-state index in [1.165, 1.54) is 7.05 Å². The first kappa shape index (κ1) is 18.5. The smallest absolute Gasteiger partial charge is 0.352 e. The van der Waals surface area contributed by atoms with Crippen molar-refractivity contribution in [3.05, 3.63) is 34.3 Å². The zero-order valence-electron chi connectivity index (χ0n) is 11.9. The summed E-state index contributed by atoms with van der Waals surface area (Å²) in [4.78, 5) is 24.4. The van der Waals surface area contributed by atoms with Crippen molar-refractivity contribution in [1.29, 1.82) is 0 Å². The van der Waals surface area contributed by atoms with Crippen LogP contribution in [0, 0.1) is 0 Å². The number of hydrogen-bond donors (Lipinski definition) is 1. The normalized spacial score (nSPS) is 11.1. The van der Waals surface area contributed by atoms with Gasteiger partial charge in [0, 0.05) is 36.6 Å². The molecule has 8 heteroatoms. The number of alkyl halides is 3. The lowest BCUT2D eigenvalue weighted by Gasteiger charge is -2.18. The lowest BCUT2D eigenvalue weighted by Crippen LogP contribution is -2.34. The van der Waals surface area contributed by atoms with Crippen molar-refractivity contribution in [1.82, 2.24) is 10.2 Å². The highest BCUT2D eigenvalue weighted by Crippen LogP contribution is 2.19. The van der Waals surface area contributed by atoms with Gasteiger partial charge in [-0.2, -0.15) is 13.2 Å². The van der Waals surface area contributed by atoms with Gasteiger partial charge in [-0.05, 0) is 24.3 Å². The predicted octanol–water partition coefficient (Wildman–Crippen LogP) is 2.98. The molecule has 0 heterocycles. The summed E-state index contributed by atoms with van der Waals surface area (Å²) in [7, 11) is 1.31. The average molecular weight is 381 g/mol. The monoisotopic (exact) mass is 380 g/mol. The van der Waals surface area contributed by atoms with Crippen LogP contribution < -0.4 is 5.32 Å². The summed E-state index contributed by atoms with van der Waals surface area (Å²) >= 11 is 3.25. The molecule has 4 nitrogen and oxygen atoms in total. The molecule has 1 rings (SSSR count). The second-order valence-corrected chi connectivity index (χ2v) is 5.61. The third-order valence-electron chi connectivity index (χ3n) is 2.89. The molecular formula is C14H16BrF3N2O2. The van der Waals surface area contributed by atoms with Gasteiger partial charge in [-0.1, -0.05) is 15.9 Å². The Kier molecular flexibility index (Phi) is 6.86. The minimum Gasteiger partial charge on any atom is -0.352 e. The summed E-state index contributed by atoms with van der Waals surface area (Å²) < 4.78 is 37.0. The van der Waals surface area contributed by atoms with Crippen LogP contribution in [0.5, 0.6) is 0 Å². The van der Waals surface area contributed by atoms with Crippen LogP contribution in [0.3, 0.4) is 0 Å². The third-order valence-corrected chi connectivity index (χ3v) is 3.42. The van der Waals surface area contributed by atoms with E-state index in [2.05, 4.69) is 21.2 Å². The molecule has 0 aliphatic rings. The largest absolute Gasteiger partial charge is 0.390 e. The molecular weight excluding hydrogens is 365 g/mol. The molecule has 0 spiro atoms. The van der Waals surface area contributed by atoms with E-state index in [9.17, 15) is 22.8 Å². The molecule has 0 saturated heterocycles. The molecule has 0 radical (unpaired) electrons. The number of amides is 2. The Balaban J connectivity index is 2.32. The molecule has 0 bridgehead atoms. The van der Waals surface area contributed by atoms with E-state index in [1.807, 2.05) is 0 Å². The highest BCUT2D eigenvalue weighted by Gasteiger charge is 2.27. The summed E-state index contributed by atoms with van der Waals surface area (Å²) in [5.74, 6) is -0.779. The molecule has 1 aromatic carbocycles. The second-order valence-electron chi connectivity index (χ2n) is 4.69. The van der Waals surface area contributed by atoms with Gasteiger partial charge in [0.2, 0.25) is 5.91 Å². The number of hydrogen-bond acceptors (Lipinski definition) is 2. The lowest BCUT2D eigenvalue weighted by atomic mass is 10.2. The van der Waals surface area contributed by atoms with Crippen LogP contribution in [0.15, 0.2) is 28.7 Å². The van der Waals surface area contributed by atoms with Crippen molar-refractivity contribution in [2.75, 3.05) is 20.1 Å². The molecule has 0 saturated carbocycles. The number of rotatable bonds is 6.